The number of carbonyl (C=O) groups is 1. The van der Waals surface area contributed by atoms with E-state index < -0.39 is 5.41 Å². The summed E-state index contributed by atoms with van der Waals surface area (Å²) in [6.07, 6.45) is 3.07. The van der Waals surface area contributed by atoms with Crippen LogP contribution in [0.15, 0.2) is 60.1 Å². The first-order valence-corrected chi connectivity index (χ1v) is 10.2. The molecule has 5 rings (SSSR count). The van der Waals surface area contributed by atoms with Crippen molar-refractivity contribution >= 4 is 28.1 Å². The third kappa shape index (κ3) is 3.11. The molecule has 2 aromatic heterocycles. The standard InChI is InChI=1S/C21H18N6OS/c1-21(12-15-8-7-14(11-16(15)13-21)18-23-25-26-24-18)19(28)27(20-22-9-10-29-20)17-5-3-2-4-6-17/h2-11H,12-13H2,1H3,(H,23,24,25,26). The highest BCUT2D eigenvalue weighted by Gasteiger charge is 2.43. The van der Waals surface area contributed by atoms with E-state index in [0.29, 0.717) is 23.8 Å². The second kappa shape index (κ2) is 6.89. The Bertz CT molecular complexity index is 1140. The fourth-order valence-corrected chi connectivity index (χ4v) is 4.59. The van der Waals surface area contributed by atoms with E-state index in [9.17, 15) is 4.79 Å². The van der Waals surface area contributed by atoms with Crippen molar-refractivity contribution in [3.05, 3.63) is 71.2 Å². The third-order valence-electron chi connectivity index (χ3n) is 5.32. The van der Waals surface area contributed by atoms with Gasteiger partial charge in [0.2, 0.25) is 11.7 Å². The van der Waals surface area contributed by atoms with E-state index in [2.05, 4.69) is 37.7 Å². The van der Waals surface area contributed by atoms with E-state index in [4.69, 9.17) is 0 Å². The summed E-state index contributed by atoms with van der Waals surface area (Å²) in [6.45, 7) is 2.03. The Kier molecular flexibility index (Phi) is 4.21. The van der Waals surface area contributed by atoms with E-state index in [1.54, 1.807) is 11.1 Å². The largest absolute Gasteiger partial charge is 0.273 e. The molecule has 0 fully saturated rings. The molecule has 1 aliphatic carbocycles. The van der Waals surface area contributed by atoms with Crippen LogP contribution in [0.4, 0.5) is 10.8 Å². The average molecular weight is 402 g/mol. The minimum atomic E-state index is -0.556. The number of fused-ring (bicyclic) bond motifs is 1. The fraction of sp³-hybridized carbons (Fsp3) is 0.190. The van der Waals surface area contributed by atoms with Gasteiger partial charge >= 0.3 is 0 Å². The van der Waals surface area contributed by atoms with Gasteiger partial charge in [0.05, 0.1) is 11.1 Å². The lowest BCUT2D eigenvalue weighted by Crippen LogP contribution is -2.40. The Labute approximate surface area is 171 Å². The maximum atomic E-state index is 13.8. The Morgan fingerprint density at radius 2 is 1.97 bits per heavy atom. The van der Waals surface area contributed by atoms with Crippen LogP contribution in [0.25, 0.3) is 11.4 Å². The first-order valence-electron chi connectivity index (χ1n) is 9.29. The molecular formula is C21H18N6OS. The molecule has 2 aromatic carbocycles. The van der Waals surface area contributed by atoms with Crippen molar-refractivity contribution in [1.82, 2.24) is 25.6 Å². The molecule has 1 N–H and O–H groups in total. The van der Waals surface area contributed by atoms with Crippen LogP contribution in [0.3, 0.4) is 0 Å². The molecule has 0 saturated heterocycles. The summed E-state index contributed by atoms with van der Waals surface area (Å²) in [6, 6.07) is 15.8. The van der Waals surface area contributed by atoms with Gasteiger partial charge in [0.25, 0.3) is 0 Å². The van der Waals surface area contributed by atoms with Crippen molar-refractivity contribution in [2.24, 2.45) is 5.41 Å². The Morgan fingerprint density at radius 3 is 2.69 bits per heavy atom. The van der Waals surface area contributed by atoms with Gasteiger partial charge in [0, 0.05) is 17.1 Å². The molecule has 0 bridgehead atoms. The minimum Gasteiger partial charge on any atom is -0.273 e. The first kappa shape index (κ1) is 17.7. The third-order valence-corrected chi connectivity index (χ3v) is 6.07. The zero-order valence-electron chi connectivity index (χ0n) is 15.7. The molecule has 0 spiro atoms. The maximum Gasteiger partial charge on any atom is 0.239 e. The quantitative estimate of drug-likeness (QED) is 0.561. The zero-order valence-corrected chi connectivity index (χ0v) is 16.6. The molecule has 0 radical (unpaired) electrons. The van der Waals surface area contributed by atoms with Crippen LogP contribution in [-0.2, 0) is 17.6 Å². The number of para-hydroxylation sites is 1. The van der Waals surface area contributed by atoms with Gasteiger partial charge in [0.15, 0.2) is 5.13 Å². The number of carbonyl (C=O) groups excluding carboxylic acids is 1. The highest BCUT2D eigenvalue weighted by Crippen LogP contribution is 2.42. The normalized spacial score (nSPS) is 17.8. The summed E-state index contributed by atoms with van der Waals surface area (Å²) in [7, 11) is 0. The van der Waals surface area contributed by atoms with E-state index >= 15 is 0 Å². The Morgan fingerprint density at radius 1 is 1.14 bits per heavy atom. The molecule has 1 amide bonds. The summed E-state index contributed by atoms with van der Waals surface area (Å²) >= 11 is 1.46. The van der Waals surface area contributed by atoms with Gasteiger partial charge in [-0.25, -0.2) is 4.98 Å². The number of amides is 1. The maximum absolute atomic E-state index is 13.8. The number of anilines is 2. The number of hydrogen-bond acceptors (Lipinski definition) is 6. The highest BCUT2D eigenvalue weighted by molar-refractivity contribution is 7.13. The predicted octanol–water partition coefficient (Wildman–Crippen LogP) is 3.79. The van der Waals surface area contributed by atoms with Gasteiger partial charge in [-0.2, -0.15) is 5.21 Å². The molecule has 0 saturated carbocycles. The van der Waals surface area contributed by atoms with Gasteiger partial charge in [-0.15, -0.1) is 21.5 Å². The number of benzene rings is 2. The second-order valence-corrected chi connectivity index (χ2v) is 8.30. The summed E-state index contributed by atoms with van der Waals surface area (Å²) in [4.78, 5) is 20.0. The van der Waals surface area contributed by atoms with Crippen LogP contribution >= 0.6 is 11.3 Å². The smallest absolute Gasteiger partial charge is 0.239 e. The van der Waals surface area contributed by atoms with E-state index in [1.807, 2.05) is 48.7 Å². The monoisotopic (exact) mass is 402 g/mol. The molecule has 29 heavy (non-hydrogen) atoms. The van der Waals surface area contributed by atoms with Crippen LogP contribution in [0.2, 0.25) is 0 Å². The van der Waals surface area contributed by atoms with Gasteiger partial charge in [-0.05, 0) is 47.4 Å². The summed E-state index contributed by atoms with van der Waals surface area (Å²) in [5.74, 6) is 0.609. The SMILES string of the molecule is CC1(C(=O)N(c2ccccc2)c2nccs2)Cc2ccc(-c3nn[nH]n3)cc2C1. The molecule has 7 nitrogen and oxygen atoms in total. The van der Waals surface area contributed by atoms with Gasteiger partial charge in [0.1, 0.15) is 0 Å². The summed E-state index contributed by atoms with van der Waals surface area (Å²) in [5, 5.41) is 16.8. The van der Waals surface area contributed by atoms with Crippen LogP contribution in [0.1, 0.15) is 18.1 Å². The highest BCUT2D eigenvalue weighted by atomic mass is 32.1. The molecule has 4 aromatic rings. The number of nitrogens with one attached hydrogen (secondary N) is 1. The van der Waals surface area contributed by atoms with E-state index in [1.165, 1.54) is 16.9 Å². The number of hydrogen-bond donors (Lipinski definition) is 1. The molecule has 1 unspecified atom stereocenters. The zero-order chi connectivity index (χ0) is 19.8. The first-order chi connectivity index (χ1) is 14.1. The topological polar surface area (TPSA) is 87.7 Å². The fourth-order valence-electron chi connectivity index (χ4n) is 3.93. The van der Waals surface area contributed by atoms with Crippen LogP contribution in [0, 0.1) is 5.41 Å². The molecule has 8 heteroatoms. The molecule has 1 atom stereocenters. The number of tetrazole rings is 1. The molecular weight excluding hydrogens is 384 g/mol. The number of thiazole rings is 1. The van der Waals surface area contributed by atoms with Crippen molar-refractivity contribution in [2.45, 2.75) is 19.8 Å². The second-order valence-electron chi connectivity index (χ2n) is 7.42. The van der Waals surface area contributed by atoms with Crippen molar-refractivity contribution in [3.8, 4) is 11.4 Å². The number of aromatic amines is 1. The summed E-state index contributed by atoms with van der Waals surface area (Å²) < 4.78 is 0. The number of rotatable bonds is 4. The minimum absolute atomic E-state index is 0.0518. The number of nitrogens with zero attached hydrogens (tertiary/aromatic N) is 5. The van der Waals surface area contributed by atoms with Crippen LogP contribution < -0.4 is 4.90 Å². The lowest BCUT2D eigenvalue weighted by atomic mass is 9.85. The Balaban J connectivity index is 1.49. The van der Waals surface area contributed by atoms with Crippen LogP contribution in [-0.4, -0.2) is 31.5 Å². The van der Waals surface area contributed by atoms with Crippen molar-refractivity contribution in [1.29, 1.82) is 0 Å². The molecule has 0 aliphatic heterocycles. The molecule has 144 valence electrons. The molecule has 2 heterocycles. The van der Waals surface area contributed by atoms with E-state index in [0.717, 1.165) is 16.8 Å². The van der Waals surface area contributed by atoms with Crippen LogP contribution in [0.5, 0.6) is 0 Å². The number of aromatic nitrogens is 5. The van der Waals surface area contributed by atoms with Gasteiger partial charge in [-0.3, -0.25) is 9.69 Å². The van der Waals surface area contributed by atoms with Crippen molar-refractivity contribution in [2.75, 3.05) is 4.90 Å². The average Bonchev–Trinajstić information content (AvgIpc) is 3.49. The lowest BCUT2D eigenvalue weighted by molar-refractivity contribution is -0.126. The summed E-state index contributed by atoms with van der Waals surface area (Å²) in [5.41, 5.74) is 3.50. The number of H-pyrrole nitrogens is 1. The Hall–Kier alpha value is -3.39. The lowest BCUT2D eigenvalue weighted by Gasteiger charge is -2.30. The molecule has 1 aliphatic rings. The van der Waals surface area contributed by atoms with Gasteiger partial charge < -0.3 is 0 Å². The predicted molar refractivity (Wildman–Crippen MR) is 111 cm³/mol. The van der Waals surface area contributed by atoms with Crippen molar-refractivity contribution in [3.63, 3.8) is 0 Å². The van der Waals surface area contributed by atoms with Crippen molar-refractivity contribution < 1.29 is 4.79 Å². The van der Waals surface area contributed by atoms with Gasteiger partial charge in [-0.1, -0.05) is 37.3 Å². The van der Waals surface area contributed by atoms with E-state index in [-0.39, 0.29) is 5.91 Å².